The maximum absolute atomic E-state index is 11.9. The summed E-state index contributed by atoms with van der Waals surface area (Å²) in [5, 5.41) is 13.4. The van der Waals surface area contributed by atoms with Crippen molar-refractivity contribution in [2.24, 2.45) is 5.73 Å². The predicted octanol–water partition coefficient (Wildman–Crippen LogP) is 1.92. The van der Waals surface area contributed by atoms with Crippen molar-refractivity contribution in [1.82, 2.24) is 5.32 Å². The highest BCUT2D eigenvalue weighted by molar-refractivity contribution is 5.77. The van der Waals surface area contributed by atoms with Crippen LogP contribution in [0.1, 0.15) is 37.7 Å². The molecule has 1 saturated carbocycles. The van der Waals surface area contributed by atoms with Gasteiger partial charge in [-0.1, -0.05) is 25.0 Å². The number of non-ortho nitro benzene ring substituents is 1. The van der Waals surface area contributed by atoms with Crippen molar-refractivity contribution in [3.63, 3.8) is 0 Å². The Bertz CT molecular complexity index is 507. The minimum Gasteiger partial charge on any atom is -0.356 e. The molecule has 0 bridgehead atoms. The Morgan fingerprint density at radius 2 is 1.90 bits per heavy atom. The number of nitrogens with zero attached hydrogens (tertiary/aromatic N) is 1. The smallest absolute Gasteiger partial charge is 0.269 e. The molecule has 0 aromatic heterocycles. The lowest BCUT2D eigenvalue weighted by Gasteiger charge is -2.22. The van der Waals surface area contributed by atoms with E-state index in [1.54, 1.807) is 12.1 Å². The molecule has 1 aromatic carbocycles. The standard InChI is InChI=1S/C15H21N3O3/c16-15(8-1-2-9-15)11-14(19)17-10-7-12-3-5-13(6-4-12)18(20)21/h3-6H,1-2,7-11,16H2,(H,17,19). The number of hydrogen-bond donors (Lipinski definition) is 2. The molecule has 1 fully saturated rings. The van der Waals surface area contributed by atoms with E-state index >= 15 is 0 Å². The van der Waals surface area contributed by atoms with Crippen LogP contribution in [-0.2, 0) is 11.2 Å². The summed E-state index contributed by atoms with van der Waals surface area (Å²) >= 11 is 0. The summed E-state index contributed by atoms with van der Waals surface area (Å²) in [5.74, 6) is -0.0127. The van der Waals surface area contributed by atoms with E-state index in [2.05, 4.69) is 5.32 Å². The van der Waals surface area contributed by atoms with Crippen LogP contribution in [0.15, 0.2) is 24.3 Å². The Balaban J connectivity index is 1.73. The second kappa shape index (κ2) is 6.67. The fraction of sp³-hybridized carbons (Fsp3) is 0.533. The summed E-state index contributed by atoms with van der Waals surface area (Å²) in [5.41, 5.74) is 6.88. The van der Waals surface area contributed by atoms with E-state index in [1.807, 2.05) is 0 Å². The molecular formula is C15H21N3O3. The lowest BCUT2D eigenvalue weighted by Crippen LogP contribution is -2.42. The molecule has 0 aliphatic heterocycles. The van der Waals surface area contributed by atoms with Crippen LogP contribution < -0.4 is 11.1 Å². The number of nitrogens with one attached hydrogen (secondary N) is 1. The van der Waals surface area contributed by atoms with Crippen molar-refractivity contribution in [3.05, 3.63) is 39.9 Å². The van der Waals surface area contributed by atoms with Gasteiger partial charge in [-0.2, -0.15) is 0 Å². The Morgan fingerprint density at radius 3 is 2.48 bits per heavy atom. The quantitative estimate of drug-likeness (QED) is 0.618. The number of carbonyl (C=O) groups is 1. The SMILES string of the molecule is NC1(CC(=O)NCCc2ccc([N+](=O)[O-])cc2)CCCC1. The second-order valence-corrected chi connectivity index (χ2v) is 5.77. The zero-order valence-corrected chi connectivity index (χ0v) is 12.0. The first-order valence-electron chi connectivity index (χ1n) is 7.27. The van der Waals surface area contributed by atoms with E-state index in [0.717, 1.165) is 31.2 Å². The van der Waals surface area contributed by atoms with Gasteiger partial charge in [-0.25, -0.2) is 0 Å². The summed E-state index contributed by atoms with van der Waals surface area (Å²) in [6.45, 7) is 0.521. The average Bonchev–Trinajstić information content (AvgIpc) is 2.85. The molecule has 0 heterocycles. The largest absolute Gasteiger partial charge is 0.356 e. The maximum Gasteiger partial charge on any atom is 0.269 e. The van der Waals surface area contributed by atoms with Crippen LogP contribution in [0.3, 0.4) is 0 Å². The summed E-state index contributed by atoms with van der Waals surface area (Å²) in [4.78, 5) is 22.0. The zero-order chi connectivity index (χ0) is 15.3. The molecule has 0 atom stereocenters. The second-order valence-electron chi connectivity index (χ2n) is 5.77. The van der Waals surface area contributed by atoms with Crippen LogP contribution in [0, 0.1) is 10.1 Å². The number of carbonyl (C=O) groups excluding carboxylic acids is 1. The van der Waals surface area contributed by atoms with E-state index < -0.39 is 4.92 Å². The van der Waals surface area contributed by atoms with Crippen molar-refractivity contribution in [3.8, 4) is 0 Å². The Morgan fingerprint density at radius 1 is 1.29 bits per heavy atom. The third-order valence-electron chi connectivity index (χ3n) is 3.99. The summed E-state index contributed by atoms with van der Waals surface area (Å²) in [7, 11) is 0. The molecule has 21 heavy (non-hydrogen) atoms. The van der Waals surface area contributed by atoms with Crippen molar-refractivity contribution in [2.45, 2.75) is 44.1 Å². The predicted molar refractivity (Wildman–Crippen MR) is 79.8 cm³/mol. The van der Waals surface area contributed by atoms with E-state index in [4.69, 9.17) is 5.73 Å². The minimum atomic E-state index is -0.423. The van der Waals surface area contributed by atoms with Gasteiger partial charge in [0.2, 0.25) is 5.91 Å². The summed E-state index contributed by atoms with van der Waals surface area (Å²) < 4.78 is 0. The normalized spacial score (nSPS) is 16.6. The van der Waals surface area contributed by atoms with Gasteiger partial charge in [-0.05, 0) is 24.8 Å². The van der Waals surface area contributed by atoms with Crippen LogP contribution >= 0.6 is 0 Å². The van der Waals surface area contributed by atoms with Crippen LogP contribution in [0.25, 0.3) is 0 Å². The van der Waals surface area contributed by atoms with Gasteiger partial charge in [0.1, 0.15) is 0 Å². The number of benzene rings is 1. The van der Waals surface area contributed by atoms with Gasteiger partial charge < -0.3 is 11.1 Å². The van der Waals surface area contributed by atoms with Crippen molar-refractivity contribution in [2.75, 3.05) is 6.54 Å². The molecule has 0 spiro atoms. The van der Waals surface area contributed by atoms with Gasteiger partial charge in [0.05, 0.1) is 4.92 Å². The molecule has 1 aromatic rings. The van der Waals surface area contributed by atoms with Crippen molar-refractivity contribution in [1.29, 1.82) is 0 Å². The van der Waals surface area contributed by atoms with Gasteiger partial charge in [-0.3, -0.25) is 14.9 Å². The summed E-state index contributed by atoms with van der Waals surface area (Å²) in [6, 6.07) is 6.38. The number of nitro benzene ring substituents is 1. The number of amides is 1. The highest BCUT2D eigenvalue weighted by atomic mass is 16.6. The van der Waals surface area contributed by atoms with Crippen LogP contribution in [0.2, 0.25) is 0 Å². The molecule has 114 valence electrons. The molecule has 1 aliphatic carbocycles. The number of nitro groups is 1. The van der Waals surface area contributed by atoms with Gasteiger partial charge in [-0.15, -0.1) is 0 Å². The fourth-order valence-electron chi connectivity index (χ4n) is 2.77. The highest BCUT2D eigenvalue weighted by Crippen LogP contribution is 2.29. The average molecular weight is 291 g/mol. The molecular weight excluding hydrogens is 270 g/mol. The number of rotatable bonds is 6. The Hall–Kier alpha value is -1.95. The van der Waals surface area contributed by atoms with Crippen LogP contribution in [-0.4, -0.2) is 22.9 Å². The number of nitrogens with two attached hydrogens (primary N) is 1. The molecule has 0 unspecified atom stereocenters. The molecule has 3 N–H and O–H groups in total. The molecule has 1 amide bonds. The third-order valence-corrected chi connectivity index (χ3v) is 3.99. The van der Waals surface area contributed by atoms with E-state index in [9.17, 15) is 14.9 Å². The Labute approximate surface area is 123 Å². The van der Waals surface area contributed by atoms with E-state index in [0.29, 0.717) is 19.4 Å². The topological polar surface area (TPSA) is 98.3 Å². The summed E-state index contributed by atoms with van der Waals surface area (Å²) in [6.07, 6.45) is 5.08. The van der Waals surface area contributed by atoms with Crippen LogP contribution in [0.5, 0.6) is 0 Å². The van der Waals surface area contributed by atoms with E-state index in [-0.39, 0.29) is 17.1 Å². The lowest BCUT2D eigenvalue weighted by molar-refractivity contribution is -0.384. The monoisotopic (exact) mass is 291 g/mol. The molecule has 2 rings (SSSR count). The Kier molecular flexibility index (Phi) is 4.90. The van der Waals surface area contributed by atoms with Gasteiger partial charge in [0, 0.05) is 30.6 Å². The maximum atomic E-state index is 11.9. The van der Waals surface area contributed by atoms with Crippen molar-refractivity contribution < 1.29 is 9.72 Å². The molecule has 1 aliphatic rings. The molecule has 6 nitrogen and oxygen atoms in total. The molecule has 6 heteroatoms. The highest BCUT2D eigenvalue weighted by Gasteiger charge is 2.31. The van der Waals surface area contributed by atoms with E-state index in [1.165, 1.54) is 12.1 Å². The van der Waals surface area contributed by atoms with Gasteiger partial charge in [0.15, 0.2) is 0 Å². The fourth-order valence-corrected chi connectivity index (χ4v) is 2.77. The zero-order valence-electron chi connectivity index (χ0n) is 12.0. The van der Waals surface area contributed by atoms with Gasteiger partial charge in [0.25, 0.3) is 5.69 Å². The first-order valence-corrected chi connectivity index (χ1v) is 7.27. The molecule has 0 saturated heterocycles. The lowest BCUT2D eigenvalue weighted by atomic mass is 9.94. The minimum absolute atomic E-state index is 0.0127. The molecule has 0 radical (unpaired) electrons. The first kappa shape index (κ1) is 15.4. The van der Waals surface area contributed by atoms with Crippen LogP contribution in [0.4, 0.5) is 5.69 Å². The van der Waals surface area contributed by atoms with Gasteiger partial charge >= 0.3 is 0 Å². The number of hydrogen-bond acceptors (Lipinski definition) is 4. The van der Waals surface area contributed by atoms with Crippen molar-refractivity contribution >= 4 is 11.6 Å². The third kappa shape index (κ3) is 4.53. The first-order chi connectivity index (χ1) is 9.98.